The highest BCUT2D eigenvalue weighted by molar-refractivity contribution is 9.10. The van der Waals surface area contributed by atoms with E-state index in [2.05, 4.69) is 30.7 Å². The summed E-state index contributed by atoms with van der Waals surface area (Å²) < 4.78 is 9.22. The van der Waals surface area contributed by atoms with E-state index in [1.807, 2.05) is 0 Å². The van der Waals surface area contributed by atoms with Crippen molar-refractivity contribution in [2.75, 3.05) is 14.2 Å². The molecule has 0 aliphatic carbocycles. The molecule has 0 bridgehead atoms. The molecule has 2 atom stereocenters. The molecule has 0 heterocycles. The monoisotopic (exact) mass is 295 g/mol. The van der Waals surface area contributed by atoms with Crippen molar-refractivity contribution in [3.63, 3.8) is 0 Å². The summed E-state index contributed by atoms with van der Waals surface area (Å²) in [6.45, 7) is 5.26. The maximum absolute atomic E-state index is 11.4. The van der Waals surface area contributed by atoms with Crippen LogP contribution in [0.15, 0.2) is 0 Å². The standard InChI is InChI=1S/C10H18BrNO4/c1-6(8(13)15-4)12-10(2,3)7(11)9(14)16-5/h6-7,12H,1-5H3. The number of hydrogen-bond donors (Lipinski definition) is 1. The molecule has 16 heavy (non-hydrogen) atoms. The van der Waals surface area contributed by atoms with Crippen molar-refractivity contribution in [2.24, 2.45) is 0 Å². The van der Waals surface area contributed by atoms with E-state index in [4.69, 9.17) is 0 Å². The van der Waals surface area contributed by atoms with Gasteiger partial charge in [0.05, 0.1) is 14.2 Å². The predicted octanol–water partition coefficient (Wildman–Crippen LogP) is 0.853. The minimum Gasteiger partial charge on any atom is -0.468 e. The van der Waals surface area contributed by atoms with Gasteiger partial charge in [-0.05, 0) is 20.8 Å². The molecule has 94 valence electrons. The van der Waals surface area contributed by atoms with Crippen molar-refractivity contribution < 1.29 is 19.1 Å². The lowest BCUT2D eigenvalue weighted by molar-refractivity contribution is -0.145. The van der Waals surface area contributed by atoms with Crippen LogP contribution in [0.3, 0.4) is 0 Å². The van der Waals surface area contributed by atoms with Gasteiger partial charge in [-0.1, -0.05) is 15.9 Å². The van der Waals surface area contributed by atoms with Crippen LogP contribution in [0.25, 0.3) is 0 Å². The molecule has 0 spiro atoms. The Bertz CT molecular complexity index is 268. The van der Waals surface area contributed by atoms with Crippen LogP contribution in [-0.4, -0.2) is 42.6 Å². The molecule has 0 aromatic rings. The number of carbonyl (C=O) groups excluding carboxylic acids is 2. The second-order valence-electron chi connectivity index (χ2n) is 4.00. The maximum atomic E-state index is 11.4. The van der Waals surface area contributed by atoms with Gasteiger partial charge in [-0.3, -0.25) is 14.9 Å². The number of hydrogen-bond acceptors (Lipinski definition) is 5. The molecule has 0 radical (unpaired) electrons. The summed E-state index contributed by atoms with van der Waals surface area (Å²) >= 11 is 3.24. The molecule has 2 unspecified atom stereocenters. The summed E-state index contributed by atoms with van der Waals surface area (Å²) in [6.07, 6.45) is 0. The molecule has 0 fully saturated rings. The van der Waals surface area contributed by atoms with Gasteiger partial charge >= 0.3 is 11.9 Å². The fourth-order valence-corrected chi connectivity index (χ4v) is 1.58. The average Bonchev–Trinajstić information content (AvgIpc) is 2.24. The van der Waals surface area contributed by atoms with Crippen molar-refractivity contribution in [3.05, 3.63) is 0 Å². The van der Waals surface area contributed by atoms with E-state index in [0.29, 0.717) is 0 Å². The molecule has 0 aromatic carbocycles. The molecule has 0 rings (SSSR count). The van der Waals surface area contributed by atoms with Crippen molar-refractivity contribution >= 4 is 27.9 Å². The second-order valence-corrected chi connectivity index (χ2v) is 4.91. The molecule has 0 aliphatic rings. The number of alkyl halides is 1. The summed E-state index contributed by atoms with van der Waals surface area (Å²) in [4.78, 5) is 22.0. The lowest BCUT2D eigenvalue weighted by atomic mass is 9.99. The number of esters is 2. The van der Waals surface area contributed by atoms with E-state index in [9.17, 15) is 9.59 Å². The van der Waals surface area contributed by atoms with Gasteiger partial charge in [0.25, 0.3) is 0 Å². The fraction of sp³-hybridized carbons (Fsp3) is 0.800. The van der Waals surface area contributed by atoms with Gasteiger partial charge in [0.15, 0.2) is 0 Å². The van der Waals surface area contributed by atoms with Gasteiger partial charge in [-0.25, -0.2) is 0 Å². The lowest BCUT2D eigenvalue weighted by Crippen LogP contribution is -2.55. The topological polar surface area (TPSA) is 64.6 Å². The molecule has 0 aliphatic heterocycles. The van der Waals surface area contributed by atoms with E-state index in [1.54, 1.807) is 20.8 Å². The van der Waals surface area contributed by atoms with Gasteiger partial charge in [-0.15, -0.1) is 0 Å². The van der Waals surface area contributed by atoms with E-state index < -0.39 is 22.4 Å². The summed E-state index contributed by atoms with van der Waals surface area (Å²) in [5.41, 5.74) is -0.624. The first-order chi connectivity index (χ1) is 7.26. The number of methoxy groups -OCH3 is 2. The van der Waals surface area contributed by atoms with Crippen LogP contribution in [0.2, 0.25) is 0 Å². The van der Waals surface area contributed by atoms with Crippen LogP contribution in [0.5, 0.6) is 0 Å². The number of ether oxygens (including phenoxy) is 2. The lowest BCUT2D eigenvalue weighted by Gasteiger charge is -2.32. The van der Waals surface area contributed by atoms with E-state index in [1.165, 1.54) is 14.2 Å². The van der Waals surface area contributed by atoms with Gasteiger partial charge in [-0.2, -0.15) is 0 Å². The Morgan fingerprint density at radius 2 is 1.62 bits per heavy atom. The SMILES string of the molecule is COC(=O)C(C)NC(C)(C)C(Br)C(=O)OC. The minimum atomic E-state index is -0.624. The van der Waals surface area contributed by atoms with E-state index in [0.717, 1.165) is 0 Å². The normalized spacial score (nSPS) is 15.1. The van der Waals surface area contributed by atoms with Crippen LogP contribution in [-0.2, 0) is 19.1 Å². The van der Waals surface area contributed by atoms with E-state index in [-0.39, 0.29) is 5.97 Å². The second kappa shape index (κ2) is 6.20. The zero-order valence-corrected chi connectivity index (χ0v) is 11.8. The van der Waals surface area contributed by atoms with E-state index >= 15 is 0 Å². The first kappa shape index (κ1) is 15.4. The smallest absolute Gasteiger partial charge is 0.322 e. The highest BCUT2D eigenvalue weighted by Gasteiger charge is 2.36. The molecule has 0 saturated carbocycles. The summed E-state index contributed by atoms with van der Waals surface area (Å²) in [7, 11) is 2.63. The summed E-state index contributed by atoms with van der Waals surface area (Å²) in [5, 5.41) is 3.00. The van der Waals surface area contributed by atoms with Crippen LogP contribution < -0.4 is 5.32 Å². The highest BCUT2D eigenvalue weighted by Crippen LogP contribution is 2.19. The Kier molecular flexibility index (Phi) is 5.96. The maximum Gasteiger partial charge on any atom is 0.322 e. The van der Waals surface area contributed by atoms with Crippen molar-refractivity contribution in [1.82, 2.24) is 5.32 Å². The van der Waals surface area contributed by atoms with Crippen LogP contribution >= 0.6 is 15.9 Å². The third-order valence-corrected chi connectivity index (χ3v) is 3.70. The van der Waals surface area contributed by atoms with Crippen molar-refractivity contribution in [2.45, 2.75) is 37.2 Å². The highest BCUT2D eigenvalue weighted by atomic mass is 79.9. The van der Waals surface area contributed by atoms with Crippen LogP contribution in [0.4, 0.5) is 0 Å². The Morgan fingerprint density at radius 1 is 1.19 bits per heavy atom. The zero-order chi connectivity index (χ0) is 12.9. The quantitative estimate of drug-likeness (QED) is 0.602. The molecule has 5 nitrogen and oxygen atoms in total. The van der Waals surface area contributed by atoms with Gasteiger partial charge in [0, 0.05) is 5.54 Å². The predicted molar refractivity (Wildman–Crippen MR) is 63.4 cm³/mol. The minimum absolute atomic E-state index is 0.377. The molecule has 0 saturated heterocycles. The van der Waals surface area contributed by atoms with Crippen LogP contribution in [0, 0.1) is 0 Å². The first-order valence-electron chi connectivity index (χ1n) is 4.83. The van der Waals surface area contributed by atoms with Crippen LogP contribution in [0.1, 0.15) is 20.8 Å². The Labute approximate surface area is 104 Å². The number of rotatable bonds is 5. The Hall–Kier alpha value is -0.620. The summed E-state index contributed by atoms with van der Waals surface area (Å²) in [6, 6.07) is -0.496. The van der Waals surface area contributed by atoms with Gasteiger partial charge < -0.3 is 9.47 Å². The number of nitrogens with one attached hydrogen (secondary N) is 1. The fourth-order valence-electron chi connectivity index (χ4n) is 1.26. The van der Waals surface area contributed by atoms with Crippen molar-refractivity contribution in [1.29, 1.82) is 0 Å². The average molecular weight is 296 g/mol. The molecule has 1 N–H and O–H groups in total. The number of carbonyl (C=O) groups is 2. The largest absolute Gasteiger partial charge is 0.468 e. The third kappa shape index (κ3) is 4.09. The zero-order valence-electron chi connectivity index (χ0n) is 10.2. The molecule has 0 aromatic heterocycles. The van der Waals surface area contributed by atoms with Crippen molar-refractivity contribution in [3.8, 4) is 0 Å². The Morgan fingerprint density at radius 3 is 2.00 bits per heavy atom. The molecule has 0 amide bonds. The molecular formula is C10H18BrNO4. The number of halogens is 1. The summed E-state index contributed by atoms with van der Waals surface area (Å²) in [5.74, 6) is -0.771. The first-order valence-corrected chi connectivity index (χ1v) is 5.75. The van der Waals surface area contributed by atoms with Gasteiger partial charge in [0.1, 0.15) is 10.9 Å². The Balaban J connectivity index is 4.55. The van der Waals surface area contributed by atoms with Gasteiger partial charge in [0.2, 0.25) is 0 Å². The third-order valence-electron chi connectivity index (χ3n) is 2.18. The molecule has 6 heteroatoms. The molecular weight excluding hydrogens is 278 g/mol.